The molecule has 4 heteroatoms. The molecule has 82 valence electrons. The predicted octanol–water partition coefficient (Wildman–Crippen LogP) is 2.28. The van der Waals surface area contributed by atoms with E-state index >= 15 is 0 Å². The van der Waals surface area contributed by atoms with Crippen LogP contribution in [0.15, 0.2) is 16.7 Å². The first kappa shape index (κ1) is 10.9. The van der Waals surface area contributed by atoms with Gasteiger partial charge >= 0.3 is 0 Å². The van der Waals surface area contributed by atoms with Crippen molar-refractivity contribution in [1.29, 1.82) is 0 Å². The molecule has 1 atom stereocenters. The highest BCUT2D eigenvalue weighted by atomic mass is 79.9. The van der Waals surface area contributed by atoms with E-state index in [-0.39, 0.29) is 0 Å². The van der Waals surface area contributed by atoms with Gasteiger partial charge in [0.15, 0.2) is 0 Å². The van der Waals surface area contributed by atoms with Crippen LogP contribution in [-0.4, -0.2) is 24.2 Å². The number of ether oxygens (including phenoxy) is 1. The van der Waals surface area contributed by atoms with Crippen molar-refractivity contribution >= 4 is 15.9 Å². The Labute approximate surface area is 98.4 Å². The number of hydrogen-bond acceptors (Lipinski definition) is 3. The summed E-state index contributed by atoms with van der Waals surface area (Å²) in [6.45, 7) is 3.82. The molecule has 0 amide bonds. The van der Waals surface area contributed by atoms with E-state index in [1.54, 1.807) is 0 Å². The molecule has 2 rings (SSSR count). The van der Waals surface area contributed by atoms with Gasteiger partial charge in [0.05, 0.1) is 4.47 Å². The number of aromatic nitrogens is 1. The van der Waals surface area contributed by atoms with Gasteiger partial charge in [0.25, 0.3) is 0 Å². The third-order valence-corrected chi connectivity index (χ3v) is 3.10. The van der Waals surface area contributed by atoms with Gasteiger partial charge in [-0.1, -0.05) is 0 Å². The van der Waals surface area contributed by atoms with E-state index in [0.717, 1.165) is 16.6 Å². The Morgan fingerprint density at radius 2 is 2.53 bits per heavy atom. The fraction of sp³-hybridized carbons (Fsp3) is 0.545. The number of hydrogen-bond donors (Lipinski definition) is 1. The lowest BCUT2D eigenvalue weighted by Crippen LogP contribution is -2.28. The Morgan fingerprint density at radius 1 is 1.67 bits per heavy atom. The second-order valence-electron chi connectivity index (χ2n) is 3.90. The monoisotopic (exact) mass is 270 g/mol. The van der Waals surface area contributed by atoms with E-state index in [0.29, 0.717) is 18.5 Å². The van der Waals surface area contributed by atoms with Gasteiger partial charge in [-0.05, 0) is 53.9 Å². The molecule has 1 saturated heterocycles. The molecular formula is C11H15BrN2O. The molecule has 0 aromatic carbocycles. The number of aryl methyl sites for hydroxylation is 1. The summed E-state index contributed by atoms with van der Waals surface area (Å²) in [7, 11) is 0. The minimum atomic E-state index is 0.486. The first-order chi connectivity index (χ1) is 7.25. The van der Waals surface area contributed by atoms with Gasteiger partial charge in [0.2, 0.25) is 5.88 Å². The zero-order chi connectivity index (χ0) is 10.7. The molecule has 1 N–H and O–H groups in total. The summed E-state index contributed by atoms with van der Waals surface area (Å²) in [6.07, 6.45) is 4.27. The van der Waals surface area contributed by atoms with Crippen LogP contribution in [0.5, 0.6) is 5.88 Å². The van der Waals surface area contributed by atoms with Crippen molar-refractivity contribution in [3.63, 3.8) is 0 Å². The lowest BCUT2D eigenvalue weighted by molar-refractivity contribution is 0.266. The molecule has 0 radical (unpaired) electrons. The maximum Gasteiger partial charge on any atom is 0.228 e. The summed E-state index contributed by atoms with van der Waals surface area (Å²) in [4.78, 5) is 4.24. The quantitative estimate of drug-likeness (QED) is 0.915. The molecule has 1 unspecified atom stereocenters. The fourth-order valence-corrected chi connectivity index (χ4v) is 2.28. The first-order valence-electron chi connectivity index (χ1n) is 5.24. The maximum absolute atomic E-state index is 5.66. The Morgan fingerprint density at radius 3 is 3.20 bits per heavy atom. The highest BCUT2D eigenvalue weighted by molar-refractivity contribution is 9.10. The summed E-state index contributed by atoms with van der Waals surface area (Å²) in [5.74, 6) is 0.689. The largest absolute Gasteiger partial charge is 0.475 e. The van der Waals surface area contributed by atoms with Gasteiger partial charge in [-0.25, -0.2) is 4.98 Å². The van der Waals surface area contributed by atoms with Gasteiger partial charge in [-0.15, -0.1) is 0 Å². The molecule has 1 aromatic heterocycles. The van der Waals surface area contributed by atoms with Gasteiger partial charge in [0.1, 0.15) is 6.61 Å². The van der Waals surface area contributed by atoms with Crippen molar-refractivity contribution in [3.8, 4) is 5.88 Å². The number of nitrogens with zero attached hydrogens (tertiary/aromatic N) is 1. The van der Waals surface area contributed by atoms with Crippen molar-refractivity contribution in [1.82, 2.24) is 10.3 Å². The van der Waals surface area contributed by atoms with Crippen molar-refractivity contribution in [2.45, 2.75) is 25.8 Å². The van der Waals surface area contributed by atoms with Crippen molar-refractivity contribution in [3.05, 3.63) is 22.3 Å². The minimum absolute atomic E-state index is 0.486. The molecule has 0 aliphatic carbocycles. The zero-order valence-corrected chi connectivity index (χ0v) is 10.4. The summed E-state index contributed by atoms with van der Waals surface area (Å²) >= 11 is 3.45. The van der Waals surface area contributed by atoms with Gasteiger partial charge in [-0.2, -0.15) is 0 Å². The van der Waals surface area contributed by atoms with Crippen LogP contribution in [0.25, 0.3) is 0 Å². The summed E-state index contributed by atoms with van der Waals surface area (Å²) in [5, 5.41) is 3.39. The van der Waals surface area contributed by atoms with E-state index in [2.05, 4.69) is 26.2 Å². The van der Waals surface area contributed by atoms with Crippen molar-refractivity contribution in [2.24, 2.45) is 0 Å². The number of rotatable bonds is 3. The zero-order valence-electron chi connectivity index (χ0n) is 8.79. The van der Waals surface area contributed by atoms with Crippen LogP contribution in [0.4, 0.5) is 0 Å². The SMILES string of the molecule is Cc1cnc(OCC2CCCN2)c(Br)c1. The summed E-state index contributed by atoms with van der Waals surface area (Å²) in [6, 6.07) is 2.50. The van der Waals surface area contributed by atoms with Gasteiger partial charge in [0, 0.05) is 12.2 Å². The number of nitrogens with one attached hydrogen (secondary N) is 1. The van der Waals surface area contributed by atoms with E-state index in [4.69, 9.17) is 4.74 Å². The van der Waals surface area contributed by atoms with Crippen LogP contribution in [0.1, 0.15) is 18.4 Å². The molecule has 2 heterocycles. The third kappa shape index (κ3) is 2.92. The first-order valence-corrected chi connectivity index (χ1v) is 6.03. The molecule has 1 aliphatic heterocycles. The molecule has 15 heavy (non-hydrogen) atoms. The van der Waals surface area contributed by atoms with Crippen molar-refractivity contribution < 1.29 is 4.74 Å². The highest BCUT2D eigenvalue weighted by Gasteiger charge is 2.15. The predicted molar refractivity (Wildman–Crippen MR) is 63.2 cm³/mol. The van der Waals surface area contributed by atoms with Crippen LogP contribution in [0.2, 0.25) is 0 Å². The van der Waals surface area contributed by atoms with Crippen LogP contribution in [0.3, 0.4) is 0 Å². The van der Waals surface area contributed by atoms with E-state index in [9.17, 15) is 0 Å². The van der Waals surface area contributed by atoms with Crippen LogP contribution < -0.4 is 10.1 Å². The van der Waals surface area contributed by atoms with Crippen LogP contribution in [-0.2, 0) is 0 Å². The molecule has 1 aromatic rings. The molecule has 3 nitrogen and oxygen atoms in total. The van der Waals surface area contributed by atoms with Gasteiger partial charge in [-0.3, -0.25) is 0 Å². The van der Waals surface area contributed by atoms with E-state index < -0.39 is 0 Å². The second-order valence-corrected chi connectivity index (χ2v) is 4.76. The molecule has 1 fully saturated rings. The highest BCUT2D eigenvalue weighted by Crippen LogP contribution is 2.23. The molecular weight excluding hydrogens is 256 g/mol. The lowest BCUT2D eigenvalue weighted by atomic mass is 10.2. The maximum atomic E-state index is 5.66. The second kappa shape index (κ2) is 4.94. The number of pyridine rings is 1. The molecule has 1 aliphatic rings. The average molecular weight is 271 g/mol. The molecule has 0 spiro atoms. The summed E-state index contributed by atoms with van der Waals surface area (Å²) in [5.41, 5.74) is 1.13. The topological polar surface area (TPSA) is 34.1 Å². The lowest BCUT2D eigenvalue weighted by Gasteiger charge is -2.12. The normalized spacial score (nSPS) is 20.5. The van der Waals surface area contributed by atoms with Gasteiger partial charge < -0.3 is 10.1 Å². The Balaban J connectivity index is 1.92. The smallest absolute Gasteiger partial charge is 0.228 e. The molecule has 0 saturated carbocycles. The fourth-order valence-electron chi connectivity index (χ4n) is 1.71. The van der Waals surface area contributed by atoms with E-state index in [1.165, 1.54) is 12.8 Å². The number of halogens is 1. The Kier molecular flexibility index (Phi) is 3.59. The molecule has 0 bridgehead atoms. The average Bonchev–Trinajstić information content (AvgIpc) is 2.69. The Hall–Kier alpha value is -0.610. The third-order valence-electron chi connectivity index (χ3n) is 2.53. The van der Waals surface area contributed by atoms with E-state index in [1.807, 2.05) is 19.2 Å². The Bertz CT molecular complexity index is 337. The van der Waals surface area contributed by atoms with Crippen LogP contribution in [0, 0.1) is 6.92 Å². The van der Waals surface area contributed by atoms with Crippen LogP contribution >= 0.6 is 15.9 Å². The summed E-state index contributed by atoms with van der Waals surface area (Å²) < 4.78 is 6.59. The minimum Gasteiger partial charge on any atom is -0.475 e. The van der Waals surface area contributed by atoms with Crippen molar-refractivity contribution in [2.75, 3.05) is 13.2 Å². The standard InChI is InChI=1S/C11H15BrN2O/c1-8-5-10(12)11(14-6-8)15-7-9-3-2-4-13-9/h5-6,9,13H,2-4,7H2,1H3.